The molecule has 0 saturated carbocycles. The van der Waals surface area contributed by atoms with Crippen LogP contribution in [0.2, 0.25) is 0 Å². The molecule has 0 heterocycles. The molecule has 1 aromatic carbocycles. The van der Waals surface area contributed by atoms with Gasteiger partial charge in [-0.25, -0.2) is 0 Å². The van der Waals surface area contributed by atoms with Crippen LogP contribution in [0.15, 0.2) is 30.3 Å². The summed E-state index contributed by atoms with van der Waals surface area (Å²) in [6.07, 6.45) is 0.957. The fourth-order valence-corrected chi connectivity index (χ4v) is 2.04. The number of rotatable bonds is 6. The van der Waals surface area contributed by atoms with Crippen LogP contribution in [0.25, 0.3) is 0 Å². The van der Waals surface area contributed by atoms with E-state index in [1.165, 1.54) is 6.92 Å². The van der Waals surface area contributed by atoms with Crippen molar-refractivity contribution in [3.8, 4) is 0 Å². The van der Waals surface area contributed by atoms with Gasteiger partial charge in [-0.1, -0.05) is 44.2 Å². The van der Waals surface area contributed by atoms with Crippen molar-refractivity contribution in [2.75, 3.05) is 0 Å². The van der Waals surface area contributed by atoms with Crippen LogP contribution in [-0.4, -0.2) is 11.8 Å². The number of carbonyl (C=O) groups is 2. The number of esters is 1. The second-order valence-electron chi connectivity index (χ2n) is 4.41. The van der Waals surface area contributed by atoms with Gasteiger partial charge in [0.2, 0.25) is 0 Å². The molecule has 0 saturated heterocycles. The molecule has 0 atom stereocenters. The van der Waals surface area contributed by atoms with Gasteiger partial charge in [0, 0.05) is 0 Å². The van der Waals surface area contributed by atoms with Crippen molar-refractivity contribution in [3.63, 3.8) is 0 Å². The molecule has 0 aliphatic heterocycles. The van der Waals surface area contributed by atoms with Crippen LogP contribution in [0.5, 0.6) is 0 Å². The Kier molecular flexibility index (Phi) is 5.08. The highest BCUT2D eigenvalue weighted by atomic mass is 16.5. The molecule has 0 aliphatic rings. The molecular formula is C15H20O3. The molecule has 0 unspecified atom stereocenters. The van der Waals surface area contributed by atoms with Crippen LogP contribution < -0.4 is 0 Å². The summed E-state index contributed by atoms with van der Waals surface area (Å²) < 4.78 is 5.28. The van der Waals surface area contributed by atoms with E-state index in [2.05, 4.69) is 0 Å². The number of carbonyl (C=O) groups excluding carboxylic acids is 2. The van der Waals surface area contributed by atoms with E-state index in [0.717, 1.165) is 5.56 Å². The molecule has 0 spiro atoms. The Hall–Kier alpha value is -1.64. The quantitative estimate of drug-likeness (QED) is 0.574. The van der Waals surface area contributed by atoms with Crippen molar-refractivity contribution in [1.82, 2.24) is 0 Å². The Morgan fingerprint density at radius 3 is 2.11 bits per heavy atom. The standard InChI is InChI=1S/C15H20O3/c1-4-15(5-2,12(3)16)14(17)18-11-13-9-7-6-8-10-13/h6-10H,4-5,11H2,1-3H3. The number of hydrogen-bond donors (Lipinski definition) is 0. The van der Waals surface area contributed by atoms with E-state index in [9.17, 15) is 9.59 Å². The van der Waals surface area contributed by atoms with Crippen LogP contribution >= 0.6 is 0 Å². The Bertz CT molecular complexity index is 405. The van der Waals surface area contributed by atoms with Gasteiger partial charge in [0.1, 0.15) is 17.8 Å². The molecule has 98 valence electrons. The van der Waals surface area contributed by atoms with E-state index in [0.29, 0.717) is 12.8 Å². The van der Waals surface area contributed by atoms with Gasteiger partial charge >= 0.3 is 5.97 Å². The van der Waals surface area contributed by atoms with Crippen molar-refractivity contribution < 1.29 is 14.3 Å². The van der Waals surface area contributed by atoms with Gasteiger partial charge in [-0.15, -0.1) is 0 Å². The van der Waals surface area contributed by atoms with Gasteiger partial charge in [-0.05, 0) is 25.3 Å². The van der Waals surface area contributed by atoms with Crippen LogP contribution in [-0.2, 0) is 20.9 Å². The van der Waals surface area contributed by atoms with Crippen LogP contribution in [0, 0.1) is 5.41 Å². The highest BCUT2D eigenvalue weighted by Gasteiger charge is 2.41. The number of Topliss-reactive ketones (excluding diaryl/α,β-unsaturated/α-hetero) is 1. The Morgan fingerprint density at radius 1 is 1.11 bits per heavy atom. The predicted molar refractivity (Wildman–Crippen MR) is 69.9 cm³/mol. The lowest BCUT2D eigenvalue weighted by Crippen LogP contribution is -2.38. The zero-order chi connectivity index (χ0) is 13.6. The fourth-order valence-electron chi connectivity index (χ4n) is 2.04. The molecule has 0 aromatic heterocycles. The first-order valence-electron chi connectivity index (χ1n) is 6.29. The lowest BCUT2D eigenvalue weighted by molar-refractivity contribution is -0.161. The maximum atomic E-state index is 12.1. The van der Waals surface area contributed by atoms with Gasteiger partial charge in [-0.2, -0.15) is 0 Å². The molecule has 3 heteroatoms. The maximum absolute atomic E-state index is 12.1. The summed E-state index contributed by atoms with van der Waals surface area (Å²) >= 11 is 0. The van der Waals surface area contributed by atoms with Gasteiger partial charge in [0.25, 0.3) is 0 Å². The minimum atomic E-state index is -0.977. The lowest BCUT2D eigenvalue weighted by Gasteiger charge is -2.26. The SMILES string of the molecule is CCC(CC)(C(C)=O)C(=O)OCc1ccccc1. The molecular weight excluding hydrogens is 228 g/mol. The third-order valence-electron chi connectivity index (χ3n) is 3.48. The first kappa shape index (κ1) is 14.4. The normalized spacial score (nSPS) is 11.1. The zero-order valence-corrected chi connectivity index (χ0v) is 11.2. The van der Waals surface area contributed by atoms with Crippen LogP contribution in [0.1, 0.15) is 39.2 Å². The highest BCUT2D eigenvalue weighted by Crippen LogP contribution is 2.29. The largest absolute Gasteiger partial charge is 0.460 e. The van der Waals surface area contributed by atoms with E-state index in [1.54, 1.807) is 0 Å². The summed E-state index contributed by atoms with van der Waals surface area (Å²) in [6, 6.07) is 9.46. The average Bonchev–Trinajstić information content (AvgIpc) is 2.39. The molecule has 18 heavy (non-hydrogen) atoms. The first-order valence-corrected chi connectivity index (χ1v) is 6.29. The number of ether oxygens (including phenoxy) is 1. The summed E-state index contributed by atoms with van der Waals surface area (Å²) in [4.78, 5) is 23.8. The molecule has 3 nitrogen and oxygen atoms in total. The Labute approximate surface area is 108 Å². The van der Waals surface area contributed by atoms with Crippen LogP contribution in [0.3, 0.4) is 0 Å². The molecule has 0 N–H and O–H groups in total. The summed E-state index contributed by atoms with van der Waals surface area (Å²) in [5.74, 6) is -0.533. The van der Waals surface area contributed by atoms with E-state index in [1.807, 2.05) is 44.2 Å². The second kappa shape index (κ2) is 6.34. The topological polar surface area (TPSA) is 43.4 Å². The smallest absolute Gasteiger partial charge is 0.319 e. The maximum Gasteiger partial charge on any atom is 0.319 e. The van der Waals surface area contributed by atoms with Gasteiger partial charge in [0.05, 0.1) is 0 Å². The third-order valence-corrected chi connectivity index (χ3v) is 3.48. The predicted octanol–water partition coefficient (Wildman–Crippen LogP) is 3.13. The van der Waals surface area contributed by atoms with E-state index in [4.69, 9.17) is 4.74 Å². The molecule has 0 bridgehead atoms. The fraction of sp³-hybridized carbons (Fsp3) is 0.467. The summed E-state index contributed by atoms with van der Waals surface area (Å²) in [5, 5.41) is 0. The van der Waals surface area contributed by atoms with Gasteiger partial charge in [0.15, 0.2) is 0 Å². The summed E-state index contributed by atoms with van der Waals surface area (Å²) in [7, 11) is 0. The Morgan fingerprint density at radius 2 is 1.67 bits per heavy atom. The van der Waals surface area contributed by atoms with E-state index in [-0.39, 0.29) is 12.4 Å². The minimum Gasteiger partial charge on any atom is -0.460 e. The molecule has 0 amide bonds. The lowest BCUT2D eigenvalue weighted by atomic mass is 9.79. The molecule has 1 aromatic rings. The third kappa shape index (κ3) is 2.97. The van der Waals surface area contributed by atoms with Crippen molar-refractivity contribution in [1.29, 1.82) is 0 Å². The second-order valence-corrected chi connectivity index (χ2v) is 4.41. The molecule has 0 radical (unpaired) electrons. The van der Waals surface area contributed by atoms with Gasteiger partial charge in [-0.3, -0.25) is 9.59 Å². The molecule has 0 aliphatic carbocycles. The minimum absolute atomic E-state index is 0.120. The van der Waals surface area contributed by atoms with Crippen LogP contribution in [0.4, 0.5) is 0 Å². The summed E-state index contributed by atoms with van der Waals surface area (Å²) in [5.41, 5.74) is -0.0510. The molecule has 1 rings (SSSR count). The van der Waals surface area contributed by atoms with Crippen molar-refractivity contribution >= 4 is 11.8 Å². The zero-order valence-electron chi connectivity index (χ0n) is 11.2. The number of hydrogen-bond acceptors (Lipinski definition) is 3. The van der Waals surface area contributed by atoms with Crippen molar-refractivity contribution in [2.24, 2.45) is 5.41 Å². The van der Waals surface area contributed by atoms with E-state index >= 15 is 0 Å². The average molecular weight is 248 g/mol. The monoisotopic (exact) mass is 248 g/mol. The highest BCUT2D eigenvalue weighted by molar-refractivity contribution is 6.02. The van der Waals surface area contributed by atoms with Gasteiger partial charge < -0.3 is 4.74 Å². The number of benzene rings is 1. The Balaban J connectivity index is 2.72. The first-order chi connectivity index (χ1) is 8.56. The molecule has 0 fully saturated rings. The van der Waals surface area contributed by atoms with Crippen molar-refractivity contribution in [3.05, 3.63) is 35.9 Å². The van der Waals surface area contributed by atoms with E-state index < -0.39 is 11.4 Å². The van der Waals surface area contributed by atoms with Crippen molar-refractivity contribution in [2.45, 2.75) is 40.2 Å². The summed E-state index contributed by atoms with van der Waals surface area (Å²) in [6.45, 7) is 5.36. The number of ketones is 1.